The van der Waals surface area contributed by atoms with Crippen LogP contribution in [0.4, 0.5) is 0 Å². The Hall–Kier alpha value is -1.42. The van der Waals surface area contributed by atoms with E-state index in [0.29, 0.717) is 12.0 Å². The molecule has 0 aliphatic heterocycles. The van der Waals surface area contributed by atoms with Gasteiger partial charge >= 0.3 is 0 Å². The SMILES string of the molecule is Cc1cccnc1C(NC(C)C(=O)NC1CCC(C)CC1)C(C)C. The van der Waals surface area contributed by atoms with Gasteiger partial charge in [-0.05, 0) is 63.0 Å². The maximum Gasteiger partial charge on any atom is 0.237 e. The van der Waals surface area contributed by atoms with Crippen molar-refractivity contribution in [3.05, 3.63) is 29.6 Å². The Morgan fingerprint density at radius 2 is 1.88 bits per heavy atom. The van der Waals surface area contributed by atoms with Crippen molar-refractivity contribution >= 4 is 5.91 Å². The Labute approximate surface area is 146 Å². The van der Waals surface area contributed by atoms with Crippen LogP contribution in [0.15, 0.2) is 18.3 Å². The first-order valence-electron chi connectivity index (χ1n) is 9.36. The van der Waals surface area contributed by atoms with Gasteiger partial charge in [0.05, 0.1) is 17.8 Å². The summed E-state index contributed by atoms with van der Waals surface area (Å²) in [6, 6.07) is 4.23. The van der Waals surface area contributed by atoms with Crippen molar-refractivity contribution in [2.45, 2.75) is 78.4 Å². The average Bonchev–Trinajstić information content (AvgIpc) is 2.55. The Balaban J connectivity index is 1.96. The number of aryl methyl sites for hydroxylation is 1. The molecule has 1 fully saturated rings. The van der Waals surface area contributed by atoms with Gasteiger partial charge in [0.2, 0.25) is 5.91 Å². The van der Waals surface area contributed by atoms with E-state index >= 15 is 0 Å². The summed E-state index contributed by atoms with van der Waals surface area (Å²) in [5.41, 5.74) is 2.20. The van der Waals surface area contributed by atoms with Crippen LogP contribution in [0.1, 0.15) is 70.7 Å². The summed E-state index contributed by atoms with van der Waals surface area (Å²) < 4.78 is 0. The number of carbonyl (C=O) groups is 1. The van der Waals surface area contributed by atoms with Gasteiger partial charge in [0.15, 0.2) is 0 Å². The van der Waals surface area contributed by atoms with Crippen molar-refractivity contribution in [1.29, 1.82) is 0 Å². The number of nitrogens with one attached hydrogen (secondary N) is 2. The number of hydrogen-bond donors (Lipinski definition) is 2. The van der Waals surface area contributed by atoms with Gasteiger partial charge in [0.25, 0.3) is 0 Å². The highest BCUT2D eigenvalue weighted by atomic mass is 16.2. The summed E-state index contributed by atoms with van der Waals surface area (Å²) in [7, 11) is 0. The van der Waals surface area contributed by atoms with Crippen LogP contribution in [0.5, 0.6) is 0 Å². The van der Waals surface area contributed by atoms with Crippen LogP contribution in [-0.4, -0.2) is 23.0 Å². The maximum atomic E-state index is 12.6. The van der Waals surface area contributed by atoms with Crippen LogP contribution >= 0.6 is 0 Å². The predicted octanol–water partition coefficient (Wildman–Crippen LogP) is 3.76. The first kappa shape index (κ1) is 18.9. The first-order chi connectivity index (χ1) is 11.4. The summed E-state index contributed by atoms with van der Waals surface area (Å²) in [6.07, 6.45) is 6.47. The molecule has 1 aliphatic carbocycles. The van der Waals surface area contributed by atoms with E-state index in [0.717, 1.165) is 30.0 Å². The van der Waals surface area contributed by atoms with Crippen molar-refractivity contribution in [2.75, 3.05) is 0 Å². The maximum absolute atomic E-state index is 12.6. The summed E-state index contributed by atoms with van der Waals surface area (Å²) in [4.78, 5) is 17.1. The second kappa shape index (κ2) is 8.61. The highest BCUT2D eigenvalue weighted by molar-refractivity contribution is 5.81. The van der Waals surface area contributed by atoms with Crippen molar-refractivity contribution in [2.24, 2.45) is 11.8 Å². The van der Waals surface area contributed by atoms with E-state index in [1.807, 2.05) is 19.2 Å². The quantitative estimate of drug-likeness (QED) is 0.834. The monoisotopic (exact) mass is 331 g/mol. The van der Waals surface area contributed by atoms with E-state index < -0.39 is 0 Å². The van der Waals surface area contributed by atoms with E-state index in [4.69, 9.17) is 0 Å². The lowest BCUT2D eigenvalue weighted by Gasteiger charge is -2.30. The van der Waals surface area contributed by atoms with E-state index in [9.17, 15) is 4.79 Å². The smallest absolute Gasteiger partial charge is 0.237 e. The van der Waals surface area contributed by atoms with Gasteiger partial charge in [0.1, 0.15) is 0 Å². The molecule has 2 atom stereocenters. The van der Waals surface area contributed by atoms with E-state index in [1.165, 1.54) is 12.8 Å². The molecule has 0 aromatic carbocycles. The zero-order valence-corrected chi connectivity index (χ0v) is 15.8. The predicted molar refractivity (Wildman–Crippen MR) is 98.7 cm³/mol. The molecular formula is C20H33N3O. The Kier molecular flexibility index (Phi) is 6.79. The van der Waals surface area contributed by atoms with Gasteiger partial charge in [-0.1, -0.05) is 26.8 Å². The van der Waals surface area contributed by atoms with E-state index in [1.54, 1.807) is 0 Å². The molecule has 1 heterocycles. The molecule has 1 aliphatic rings. The zero-order chi connectivity index (χ0) is 17.7. The molecular weight excluding hydrogens is 298 g/mol. The van der Waals surface area contributed by atoms with Gasteiger partial charge in [-0.2, -0.15) is 0 Å². The Morgan fingerprint density at radius 3 is 2.46 bits per heavy atom. The van der Waals surface area contributed by atoms with Crippen LogP contribution in [0.3, 0.4) is 0 Å². The summed E-state index contributed by atoms with van der Waals surface area (Å²) >= 11 is 0. The summed E-state index contributed by atoms with van der Waals surface area (Å²) in [6.45, 7) is 10.7. The van der Waals surface area contributed by atoms with Crippen molar-refractivity contribution in [3.63, 3.8) is 0 Å². The number of hydrogen-bond acceptors (Lipinski definition) is 3. The van der Waals surface area contributed by atoms with Gasteiger partial charge in [0, 0.05) is 12.2 Å². The van der Waals surface area contributed by atoms with Gasteiger partial charge in [-0.15, -0.1) is 0 Å². The van der Waals surface area contributed by atoms with Crippen LogP contribution < -0.4 is 10.6 Å². The number of carbonyl (C=O) groups excluding carboxylic acids is 1. The third-order valence-electron chi connectivity index (χ3n) is 5.20. The second-order valence-electron chi connectivity index (χ2n) is 7.78. The first-order valence-corrected chi connectivity index (χ1v) is 9.36. The molecule has 1 aromatic heterocycles. The molecule has 0 radical (unpaired) electrons. The molecule has 4 heteroatoms. The molecule has 0 spiro atoms. The third kappa shape index (κ3) is 5.04. The fourth-order valence-corrected chi connectivity index (χ4v) is 3.49. The molecule has 134 valence electrons. The van der Waals surface area contributed by atoms with Crippen LogP contribution in [0.2, 0.25) is 0 Å². The number of pyridine rings is 1. The zero-order valence-electron chi connectivity index (χ0n) is 15.8. The highest BCUT2D eigenvalue weighted by Crippen LogP contribution is 2.25. The lowest BCUT2D eigenvalue weighted by Crippen LogP contribution is -2.48. The second-order valence-corrected chi connectivity index (χ2v) is 7.78. The Morgan fingerprint density at radius 1 is 1.21 bits per heavy atom. The van der Waals surface area contributed by atoms with E-state index in [-0.39, 0.29) is 18.0 Å². The molecule has 24 heavy (non-hydrogen) atoms. The molecule has 2 N–H and O–H groups in total. The van der Waals surface area contributed by atoms with Crippen molar-refractivity contribution in [3.8, 4) is 0 Å². The van der Waals surface area contributed by atoms with Gasteiger partial charge in [-0.3, -0.25) is 15.1 Å². The topological polar surface area (TPSA) is 54.0 Å². The van der Waals surface area contributed by atoms with Crippen LogP contribution in [-0.2, 0) is 4.79 Å². The number of nitrogens with zero attached hydrogens (tertiary/aromatic N) is 1. The number of aromatic nitrogens is 1. The number of amides is 1. The standard InChI is InChI=1S/C20H33N3O/c1-13(2)18(19-15(4)7-6-12-21-19)22-16(5)20(24)23-17-10-8-14(3)9-11-17/h6-7,12-14,16-18,22H,8-11H2,1-5H3,(H,23,24). The molecule has 0 bridgehead atoms. The largest absolute Gasteiger partial charge is 0.352 e. The molecule has 2 rings (SSSR count). The van der Waals surface area contributed by atoms with Crippen molar-refractivity contribution in [1.82, 2.24) is 15.6 Å². The van der Waals surface area contributed by atoms with Gasteiger partial charge < -0.3 is 5.32 Å². The Bertz CT molecular complexity index is 535. The average molecular weight is 332 g/mol. The number of rotatable bonds is 6. The summed E-state index contributed by atoms with van der Waals surface area (Å²) in [5, 5.41) is 6.72. The molecule has 1 saturated carbocycles. The normalized spacial score (nSPS) is 23.8. The fourth-order valence-electron chi connectivity index (χ4n) is 3.49. The minimum Gasteiger partial charge on any atom is -0.352 e. The minimum absolute atomic E-state index is 0.0818. The molecule has 0 saturated heterocycles. The fraction of sp³-hybridized carbons (Fsp3) is 0.700. The van der Waals surface area contributed by atoms with Crippen molar-refractivity contribution < 1.29 is 4.79 Å². The molecule has 1 amide bonds. The van der Waals surface area contributed by atoms with Gasteiger partial charge in [-0.25, -0.2) is 0 Å². The van der Waals surface area contributed by atoms with Crippen LogP contribution in [0, 0.1) is 18.8 Å². The van der Waals surface area contributed by atoms with Crippen LogP contribution in [0.25, 0.3) is 0 Å². The highest BCUT2D eigenvalue weighted by Gasteiger charge is 2.26. The summed E-state index contributed by atoms with van der Waals surface area (Å²) in [5.74, 6) is 1.27. The third-order valence-corrected chi connectivity index (χ3v) is 5.20. The minimum atomic E-state index is -0.224. The lowest BCUT2D eigenvalue weighted by molar-refractivity contribution is -0.124. The molecule has 1 aromatic rings. The lowest BCUT2D eigenvalue weighted by atomic mass is 9.87. The molecule has 4 nitrogen and oxygen atoms in total. The molecule has 2 unspecified atom stereocenters. The van der Waals surface area contributed by atoms with E-state index in [2.05, 4.69) is 49.4 Å².